The van der Waals surface area contributed by atoms with E-state index in [0.717, 1.165) is 11.3 Å². The number of nitrogens with zero attached hydrogens (tertiary/aromatic N) is 2. The van der Waals surface area contributed by atoms with E-state index in [2.05, 4.69) is 20.8 Å². The van der Waals surface area contributed by atoms with Crippen LogP contribution in [0.4, 0.5) is 0 Å². The van der Waals surface area contributed by atoms with Gasteiger partial charge in [0, 0.05) is 29.8 Å². The van der Waals surface area contributed by atoms with E-state index in [1.165, 1.54) is 4.90 Å². The molecule has 1 unspecified atom stereocenters. The maximum atomic E-state index is 13.5. The first-order valence-corrected chi connectivity index (χ1v) is 12.8. The predicted octanol–water partition coefficient (Wildman–Crippen LogP) is 5.15. The Balaban J connectivity index is 2.25. The summed E-state index contributed by atoms with van der Waals surface area (Å²) in [5, 5.41) is 11.6. The predicted molar refractivity (Wildman–Crippen MR) is 146 cm³/mol. The van der Waals surface area contributed by atoms with Gasteiger partial charge in [0.15, 0.2) is 0 Å². The highest BCUT2D eigenvalue weighted by atomic mass is 16.5. The molecule has 0 saturated carbocycles. The van der Waals surface area contributed by atoms with Gasteiger partial charge in [0.25, 0.3) is 11.7 Å². The van der Waals surface area contributed by atoms with Gasteiger partial charge in [-0.3, -0.25) is 9.59 Å². The number of benzene rings is 2. The average molecular weight is 509 g/mol. The molecule has 1 fully saturated rings. The van der Waals surface area contributed by atoms with E-state index in [4.69, 9.17) is 9.47 Å². The number of hydrogen-bond donors (Lipinski definition) is 1. The lowest BCUT2D eigenvalue weighted by molar-refractivity contribution is -0.140. The molecule has 0 radical (unpaired) electrons. The normalized spacial score (nSPS) is 17.7. The van der Waals surface area contributed by atoms with E-state index >= 15 is 0 Å². The van der Waals surface area contributed by atoms with Crippen molar-refractivity contribution >= 4 is 17.4 Å². The molecule has 1 aliphatic rings. The maximum Gasteiger partial charge on any atom is 0.295 e. The number of ether oxygens (including phenoxy) is 2. The number of hydrogen-bond acceptors (Lipinski definition) is 6. The molecule has 200 valence electrons. The highest BCUT2D eigenvalue weighted by Gasteiger charge is 2.47. The molecule has 2 aromatic carbocycles. The molecule has 3 rings (SSSR count). The minimum atomic E-state index is -0.778. The summed E-state index contributed by atoms with van der Waals surface area (Å²) in [6.07, 6.45) is -0.106. The number of Topliss-reactive ketones (excluding diaryl/α,β-unsaturated/α-hetero) is 1. The molecule has 7 nitrogen and oxygen atoms in total. The summed E-state index contributed by atoms with van der Waals surface area (Å²) in [7, 11) is 3.82. The molecule has 0 spiro atoms. The van der Waals surface area contributed by atoms with Gasteiger partial charge in [0.05, 0.1) is 24.3 Å². The average Bonchev–Trinajstić information content (AvgIpc) is 3.06. The summed E-state index contributed by atoms with van der Waals surface area (Å²) in [6, 6.07) is 12.0. The summed E-state index contributed by atoms with van der Waals surface area (Å²) in [5.74, 6) is -0.234. The monoisotopic (exact) mass is 508 g/mol. The van der Waals surface area contributed by atoms with Gasteiger partial charge in [-0.15, -0.1) is 0 Å². The number of rotatable bonds is 9. The lowest BCUT2D eigenvalue weighted by atomic mass is 9.84. The minimum absolute atomic E-state index is 0.0626. The molecule has 37 heavy (non-hydrogen) atoms. The fourth-order valence-corrected chi connectivity index (χ4v) is 4.51. The van der Waals surface area contributed by atoms with Crippen LogP contribution in [-0.2, 0) is 15.0 Å². The van der Waals surface area contributed by atoms with E-state index in [1.807, 2.05) is 76.2 Å². The van der Waals surface area contributed by atoms with E-state index < -0.39 is 17.7 Å². The third kappa shape index (κ3) is 6.16. The van der Waals surface area contributed by atoms with Crippen LogP contribution >= 0.6 is 0 Å². The largest absolute Gasteiger partial charge is 0.507 e. The van der Waals surface area contributed by atoms with E-state index in [0.29, 0.717) is 36.6 Å². The molecule has 1 saturated heterocycles. The molecule has 0 aliphatic carbocycles. The van der Waals surface area contributed by atoms with Crippen molar-refractivity contribution in [2.24, 2.45) is 0 Å². The van der Waals surface area contributed by atoms with Crippen LogP contribution in [0.25, 0.3) is 5.76 Å². The lowest BCUT2D eigenvalue weighted by Gasteiger charge is -2.28. The third-order valence-corrected chi connectivity index (χ3v) is 6.27. The Kier molecular flexibility index (Phi) is 8.69. The van der Waals surface area contributed by atoms with Crippen LogP contribution in [0.1, 0.15) is 64.3 Å². The Labute approximate surface area is 220 Å². The Morgan fingerprint density at radius 3 is 2.35 bits per heavy atom. The summed E-state index contributed by atoms with van der Waals surface area (Å²) in [4.78, 5) is 30.2. The van der Waals surface area contributed by atoms with Crippen LogP contribution in [0.2, 0.25) is 0 Å². The minimum Gasteiger partial charge on any atom is -0.507 e. The van der Waals surface area contributed by atoms with Gasteiger partial charge < -0.3 is 24.4 Å². The molecule has 7 heteroatoms. The molecular weight excluding hydrogens is 468 g/mol. The van der Waals surface area contributed by atoms with Gasteiger partial charge in [-0.2, -0.15) is 0 Å². The van der Waals surface area contributed by atoms with Crippen LogP contribution in [-0.4, -0.2) is 66.5 Å². The van der Waals surface area contributed by atoms with Gasteiger partial charge in [-0.1, -0.05) is 39.0 Å². The Morgan fingerprint density at radius 2 is 1.76 bits per heavy atom. The number of carbonyl (C=O) groups excluding carboxylic acids is 2. The summed E-state index contributed by atoms with van der Waals surface area (Å²) < 4.78 is 11.9. The number of amides is 1. The zero-order valence-electron chi connectivity index (χ0n) is 23.3. The van der Waals surface area contributed by atoms with Gasteiger partial charge in [-0.05, 0) is 64.5 Å². The Bertz CT molecular complexity index is 1180. The summed E-state index contributed by atoms with van der Waals surface area (Å²) in [6.45, 7) is 13.4. The highest BCUT2D eigenvalue weighted by Crippen LogP contribution is 2.43. The van der Waals surface area contributed by atoms with Gasteiger partial charge in [-0.25, -0.2) is 0 Å². The Hall–Kier alpha value is -3.32. The van der Waals surface area contributed by atoms with E-state index in [1.54, 1.807) is 6.07 Å². The van der Waals surface area contributed by atoms with Crippen molar-refractivity contribution in [3.05, 3.63) is 64.7 Å². The van der Waals surface area contributed by atoms with Crippen LogP contribution < -0.4 is 9.47 Å². The summed E-state index contributed by atoms with van der Waals surface area (Å²) in [5.41, 5.74) is 1.83. The fourth-order valence-electron chi connectivity index (χ4n) is 4.51. The second-order valence-electron chi connectivity index (χ2n) is 10.9. The van der Waals surface area contributed by atoms with Crippen molar-refractivity contribution in [2.45, 2.75) is 59.1 Å². The lowest BCUT2D eigenvalue weighted by Crippen LogP contribution is -2.35. The zero-order chi connectivity index (χ0) is 27.5. The number of likely N-dealkylation sites (tertiary alicyclic amines) is 1. The first-order valence-electron chi connectivity index (χ1n) is 12.8. The highest BCUT2D eigenvalue weighted by molar-refractivity contribution is 6.46. The number of aliphatic hydroxyl groups excluding tert-OH is 1. The molecule has 1 heterocycles. The molecule has 1 N–H and O–H groups in total. The van der Waals surface area contributed by atoms with Gasteiger partial charge in [0.1, 0.15) is 17.3 Å². The number of para-hydroxylation sites is 1. The first kappa shape index (κ1) is 28.3. The van der Waals surface area contributed by atoms with Crippen molar-refractivity contribution in [3.63, 3.8) is 0 Å². The van der Waals surface area contributed by atoms with Gasteiger partial charge in [0.2, 0.25) is 0 Å². The van der Waals surface area contributed by atoms with Crippen molar-refractivity contribution < 1.29 is 24.2 Å². The van der Waals surface area contributed by atoms with Crippen molar-refractivity contribution in [2.75, 3.05) is 33.8 Å². The maximum absolute atomic E-state index is 13.5. The topological polar surface area (TPSA) is 79.3 Å². The molecule has 1 atom stereocenters. The Morgan fingerprint density at radius 1 is 1.08 bits per heavy atom. The van der Waals surface area contributed by atoms with Crippen molar-refractivity contribution in [1.29, 1.82) is 0 Å². The van der Waals surface area contributed by atoms with Crippen LogP contribution in [0.15, 0.2) is 48.0 Å². The molecule has 1 amide bonds. The van der Waals surface area contributed by atoms with E-state index in [9.17, 15) is 14.7 Å². The van der Waals surface area contributed by atoms with Gasteiger partial charge >= 0.3 is 0 Å². The number of aliphatic hydroxyl groups is 1. The van der Waals surface area contributed by atoms with Crippen molar-refractivity contribution in [3.8, 4) is 11.5 Å². The number of ketones is 1. The number of likely N-dealkylation sites (N-methyl/N-ethyl adjacent to an activating group) is 1. The number of carbonyl (C=O) groups is 2. The SMILES string of the molecule is CCOc1ccc(/C(O)=C2\C(=O)C(=O)N(CCN(C)C)C2c2ccccc2OC(C)C)cc1C(C)(C)C. The first-order chi connectivity index (χ1) is 17.4. The molecule has 2 aromatic rings. The van der Waals surface area contributed by atoms with Crippen LogP contribution in [0, 0.1) is 0 Å². The summed E-state index contributed by atoms with van der Waals surface area (Å²) >= 11 is 0. The molecule has 0 aromatic heterocycles. The molecule has 0 bridgehead atoms. The van der Waals surface area contributed by atoms with Crippen LogP contribution in [0.3, 0.4) is 0 Å². The second kappa shape index (κ2) is 11.4. The van der Waals surface area contributed by atoms with E-state index in [-0.39, 0.29) is 22.9 Å². The quantitative estimate of drug-likeness (QED) is 0.287. The standard InChI is InChI=1S/C30H40N2O5/c1-9-36-24-15-14-20(18-22(24)30(4,5)6)27(33)25-26(21-12-10-11-13-23(21)37-19(2)3)32(17-16-31(7)8)29(35)28(25)34/h10-15,18-19,26,33H,9,16-17H2,1-8H3/b27-25+. The van der Waals surface area contributed by atoms with Crippen LogP contribution in [0.5, 0.6) is 11.5 Å². The second-order valence-corrected chi connectivity index (χ2v) is 10.9. The zero-order valence-corrected chi connectivity index (χ0v) is 23.3. The molecule has 1 aliphatic heterocycles. The smallest absolute Gasteiger partial charge is 0.295 e. The molecular formula is C30H40N2O5. The third-order valence-electron chi connectivity index (χ3n) is 6.27. The van der Waals surface area contributed by atoms with Crippen molar-refractivity contribution in [1.82, 2.24) is 9.80 Å². The fraction of sp³-hybridized carbons (Fsp3) is 0.467.